The lowest BCUT2D eigenvalue weighted by Gasteiger charge is -2.30. The molecule has 1 aliphatic heterocycles. The van der Waals surface area contributed by atoms with Crippen molar-refractivity contribution in [3.05, 3.63) is 106 Å². The Morgan fingerprint density at radius 1 is 1.12 bits per heavy atom. The number of benzene rings is 3. The smallest absolute Gasteiger partial charge is 0.419 e. The average molecular weight is 570 g/mol. The van der Waals surface area contributed by atoms with Gasteiger partial charge in [-0.2, -0.15) is 0 Å². The fourth-order valence-corrected chi connectivity index (χ4v) is 5.18. The molecule has 0 N–H and O–H groups in total. The van der Waals surface area contributed by atoms with Crippen molar-refractivity contribution in [3.63, 3.8) is 0 Å². The highest BCUT2D eigenvalue weighted by Gasteiger charge is 2.32. The SMILES string of the molecule is COc1cc(C=O)c(N(CC2Cc3ccccc3N2C)C(=O)Oc2ccc([N+](=O)[O-])cc2)cc1OCC1=CCCC=C1. The molecule has 5 rings (SSSR count). The van der Waals surface area contributed by atoms with Gasteiger partial charge in [0.25, 0.3) is 5.69 Å². The van der Waals surface area contributed by atoms with Gasteiger partial charge in [-0.15, -0.1) is 0 Å². The van der Waals surface area contributed by atoms with Crippen LogP contribution in [0.1, 0.15) is 28.8 Å². The molecule has 42 heavy (non-hydrogen) atoms. The minimum absolute atomic E-state index is 0.115. The number of ether oxygens (including phenoxy) is 3. The number of hydrogen-bond acceptors (Lipinski definition) is 8. The number of methoxy groups -OCH3 is 1. The van der Waals surface area contributed by atoms with Gasteiger partial charge >= 0.3 is 6.09 Å². The number of nitro groups is 1. The standard InChI is InChI=1S/C32H31N3O7/c1-33-26(16-23-10-6-7-11-28(23)33)19-34(32(37)42-27-14-12-25(13-15-27)35(38)39)29-18-31(30(40-2)17-24(29)20-36)41-21-22-8-4-3-5-9-22/h4,6-15,17-18,20,26H,3,5,16,19,21H2,1-2H3. The van der Waals surface area contributed by atoms with Crippen LogP contribution in [0.25, 0.3) is 0 Å². The van der Waals surface area contributed by atoms with Gasteiger partial charge in [-0.05, 0) is 54.7 Å². The molecule has 1 aliphatic carbocycles. The molecule has 0 fully saturated rings. The molecule has 1 atom stereocenters. The maximum Gasteiger partial charge on any atom is 0.419 e. The quantitative estimate of drug-likeness (QED) is 0.163. The summed E-state index contributed by atoms with van der Waals surface area (Å²) in [6.45, 7) is 0.484. The van der Waals surface area contributed by atoms with Gasteiger partial charge in [-0.25, -0.2) is 4.79 Å². The molecule has 0 bridgehead atoms. The third-order valence-corrected chi connectivity index (χ3v) is 7.44. The molecule has 1 unspecified atom stereocenters. The molecule has 3 aromatic carbocycles. The Morgan fingerprint density at radius 2 is 1.90 bits per heavy atom. The van der Waals surface area contributed by atoms with Crippen LogP contribution in [0.15, 0.2) is 84.5 Å². The van der Waals surface area contributed by atoms with Crippen LogP contribution < -0.4 is 24.0 Å². The Hall–Kier alpha value is -5.12. The number of carbonyl (C=O) groups is 2. The summed E-state index contributed by atoms with van der Waals surface area (Å²) in [6.07, 6.45) is 8.72. The van der Waals surface area contributed by atoms with E-state index in [0.29, 0.717) is 36.5 Å². The Balaban J connectivity index is 1.49. The fourth-order valence-electron chi connectivity index (χ4n) is 5.18. The van der Waals surface area contributed by atoms with Crippen LogP contribution in [0.4, 0.5) is 21.9 Å². The number of hydrogen-bond donors (Lipinski definition) is 0. The number of anilines is 2. The first kappa shape index (κ1) is 28.4. The second-order valence-electron chi connectivity index (χ2n) is 10.1. The van der Waals surface area contributed by atoms with Crippen molar-refractivity contribution in [1.82, 2.24) is 0 Å². The number of carbonyl (C=O) groups excluding carboxylic acids is 2. The molecule has 3 aromatic rings. The van der Waals surface area contributed by atoms with Crippen molar-refractivity contribution in [2.45, 2.75) is 25.3 Å². The number of allylic oxidation sites excluding steroid dienone is 2. The van der Waals surface area contributed by atoms with Crippen molar-refractivity contribution >= 4 is 29.4 Å². The first-order chi connectivity index (χ1) is 20.4. The molecule has 1 heterocycles. The second kappa shape index (κ2) is 12.6. The summed E-state index contributed by atoms with van der Waals surface area (Å²) < 4.78 is 17.3. The van der Waals surface area contributed by atoms with Gasteiger partial charge in [-0.1, -0.05) is 36.4 Å². The van der Waals surface area contributed by atoms with Crippen LogP contribution in [0.2, 0.25) is 0 Å². The average Bonchev–Trinajstić information content (AvgIpc) is 3.33. The van der Waals surface area contributed by atoms with Crippen molar-refractivity contribution in [1.29, 1.82) is 0 Å². The van der Waals surface area contributed by atoms with E-state index in [0.717, 1.165) is 29.7 Å². The third-order valence-electron chi connectivity index (χ3n) is 7.44. The van der Waals surface area contributed by atoms with Crippen molar-refractivity contribution < 1.29 is 28.7 Å². The highest BCUT2D eigenvalue weighted by molar-refractivity contribution is 5.97. The molecule has 2 aliphatic rings. The number of non-ortho nitro benzene ring substituents is 1. The number of aldehydes is 1. The van der Waals surface area contributed by atoms with Gasteiger partial charge in [0.1, 0.15) is 12.4 Å². The zero-order chi connectivity index (χ0) is 29.6. The van der Waals surface area contributed by atoms with E-state index in [-0.39, 0.29) is 29.6 Å². The van der Waals surface area contributed by atoms with E-state index in [9.17, 15) is 19.7 Å². The normalized spacial score (nSPS) is 15.4. The fraction of sp³-hybridized carbons (Fsp3) is 0.250. The molecule has 0 radical (unpaired) electrons. The van der Waals surface area contributed by atoms with Crippen LogP contribution in [0, 0.1) is 10.1 Å². The Morgan fingerprint density at radius 3 is 2.57 bits per heavy atom. The molecule has 0 saturated carbocycles. The van der Waals surface area contributed by atoms with Crippen LogP contribution >= 0.6 is 0 Å². The molecular weight excluding hydrogens is 538 g/mol. The summed E-state index contributed by atoms with van der Waals surface area (Å²) in [4.78, 5) is 40.2. The summed E-state index contributed by atoms with van der Waals surface area (Å²) in [6, 6.07) is 16.3. The molecule has 10 heteroatoms. The minimum Gasteiger partial charge on any atom is -0.493 e. The van der Waals surface area contributed by atoms with Gasteiger partial charge in [0.15, 0.2) is 17.8 Å². The van der Waals surface area contributed by atoms with E-state index >= 15 is 0 Å². The summed E-state index contributed by atoms with van der Waals surface area (Å²) in [5.74, 6) is 0.858. The predicted octanol–water partition coefficient (Wildman–Crippen LogP) is 6.14. The van der Waals surface area contributed by atoms with E-state index < -0.39 is 11.0 Å². The van der Waals surface area contributed by atoms with Gasteiger partial charge in [0.05, 0.1) is 23.8 Å². The van der Waals surface area contributed by atoms with E-state index in [2.05, 4.69) is 23.1 Å². The molecule has 10 nitrogen and oxygen atoms in total. The van der Waals surface area contributed by atoms with Gasteiger partial charge in [0, 0.05) is 43.0 Å². The lowest BCUT2D eigenvalue weighted by molar-refractivity contribution is -0.384. The second-order valence-corrected chi connectivity index (χ2v) is 10.1. The van der Waals surface area contributed by atoms with E-state index in [1.807, 2.05) is 31.3 Å². The molecule has 0 aromatic heterocycles. The van der Waals surface area contributed by atoms with Crippen LogP contribution in [0.5, 0.6) is 17.2 Å². The van der Waals surface area contributed by atoms with E-state index in [4.69, 9.17) is 14.2 Å². The zero-order valence-electron chi connectivity index (χ0n) is 23.4. The highest BCUT2D eigenvalue weighted by Crippen LogP contribution is 2.37. The Labute approximate surface area is 243 Å². The summed E-state index contributed by atoms with van der Waals surface area (Å²) in [7, 11) is 3.45. The topological polar surface area (TPSA) is 111 Å². The van der Waals surface area contributed by atoms with E-state index in [1.165, 1.54) is 36.3 Å². The van der Waals surface area contributed by atoms with Gasteiger partial charge in [0.2, 0.25) is 0 Å². The minimum atomic E-state index is -0.745. The van der Waals surface area contributed by atoms with Crippen LogP contribution in [-0.2, 0) is 6.42 Å². The molecular formula is C32H31N3O7. The highest BCUT2D eigenvalue weighted by atomic mass is 16.6. The van der Waals surface area contributed by atoms with Crippen LogP contribution in [-0.4, -0.2) is 50.7 Å². The number of nitro benzene ring substituents is 1. The summed E-state index contributed by atoms with van der Waals surface area (Å²) in [5, 5.41) is 11.1. The lowest BCUT2D eigenvalue weighted by Crippen LogP contribution is -2.45. The summed E-state index contributed by atoms with van der Waals surface area (Å²) in [5.41, 5.74) is 3.62. The maximum atomic E-state index is 13.8. The maximum absolute atomic E-state index is 13.8. The molecule has 216 valence electrons. The van der Waals surface area contributed by atoms with Crippen molar-refractivity contribution in [3.8, 4) is 17.2 Å². The Kier molecular flexibility index (Phi) is 8.52. The largest absolute Gasteiger partial charge is 0.493 e. The third kappa shape index (κ3) is 6.12. The molecule has 1 amide bonds. The van der Waals surface area contributed by atoms with Gasteiger partial charge < -0.3 is 19.1 Å². The number of likely N-dealkylation sites (N-methyl/N-ethyl adjacent to an activating group) is 1. The summed E-state index contributed by atoms with van der Waals surface area (Å²) >= 11 is 0. The number of fused-ring (bicyclic) bond motifs is 1. The molecule has 0 spiro atoms. The number of nitrogens with zero attached hydrogens (tertiary/aromatic N) is 3. The zero-order valence-corrected chi connectivity index (χ0v) is 23.4. The van der Waals surface area contributed by atoms with Gasteiger partial charge in [-0.3, -0.25) is 19.8 Å². The Bertz CT molecular complexity index is 1550. The predicted molar refractivity (Wildman–Crippen MR) is 159 cm³/mol. The van der Waals surface area contributed by atoms with E-state index in [1.54, 1.807) is 12.1 Å². The number of rotatable bonds is 10. The van der Waals surface area contributed by atoms with Crippen molar-refractivity contribution in [2.75, 3.05) is 37.1 Å². The number of amides is 1. The monoisotopic (exact) mass is 569 g/mol. The number of para-hydroxylation sites is 1. The molecule has 0 saturated heterocycles. The van der Waals surface area contributed by atoms with Crippen LogP contribution in [0.3, 0.4) is 0 Å². The first-order valence-corrected chi connectivity index (χ1v) is 13.6. The van der Waals surface area contributed by atoms with Crippen molar-refractivity contribution in [2.24, 2.45) is 0 Å². The first-order valence-electron chi connectivity index (χ1n) is 13.6. The lowest BCUT2D eigenvalue weighted by atomic mass is 10.1.